The average Bonchev–Trinajstić information content (AvgIpc) is 2.75. The van der Waals surface area contributed by atoms with Crippen LogP contribution < -0.4 is 5.32 Å². The van der Waals surface area contributed by atoms with Gasteiger partial charge in [0.25, 0.3) is 0 Å². The zero-order valence-corrected chi connectivity index (χ0v) is 12.3. The van der Waals surface area contributed by atoms with Gasteiger partial charge in [-0.05, 0) is 31.2 Å². The van der Waals surface area contributed by atoms with E-state index in [0.29, 0.717) is 25.6 Å². The highest BCUT2D eigenvalue weighted by atomic mass is 32.2. The van der Waals surface area contributed by atoms with Crippen molar-refractivity contribution in [1.82, 2.24) is 9.62 Å². The van der Waals surface area contributed by atoms with E-state index in [-0.39, 0.29) is 18.0 Å². The zero-order valence-electron chi connectivity index (χ0n) is 11.5. The fourth-order valence-corrected chi connectivity index (χ4v) is 3.74. The van der Waals surface area contributed by atoms with Crippen molar-refractivity contribution in [3.8, 4) is 6.07 Å². The minimum atomic E-state index is -4.69. The van der Waals surface area contributed by atoms with Crippen LogP contribution in [0.1, 0.15) is 17.5 Å². The van der Waals surface area contributed by atoms with E-state index < -0.39 is 27.3 Å². The quantitative estimate of drug-likeness (QED) is 0.891. The van der Waals surface area contributed by atoms with Crippen LogP contribution in [0.4, 0.5) is 13.2 Å². The van der Waals surface area contributed by atoms with E-state index in [1.54, 1.807) is 0 Å². The second-order valence-corrected chi connectivity index (χ2v) is 6.76. The number of nitrogens with one attached hydrogen (secondary N) is 1. The van der Waals surface area contributed by atoms with Crippen molar-refractivity contribution < 1.29 is 21.6 Å². The molecule has 1 fully saturated rings. The molecule has 1 aliphatic rings. The van der Waals surface area contributed by atoms with E-state index in [2.05, 4.69) is 5.32 Å². The average molecular weight is 333 g/mol. The highest BCUT2D eigenvalue weighted by molar-refractivity contribution is 7.89. The number of hydrogen-bond acceptors (Lipinski definition) is 4. The van der Waals surface area contributed by atoms with Crippen molar-refractivity contribution in [3.63, 3.8) is 0 Å². The molecule has 1 saturated heterocycles. The van der Waals surface area contributed by atoms with Crippen LogP contribution >= 0.6 is 0 Å². The summed E-state index contributed by atoms with van der Waals surface area (Å²) in [5.74, 6) is 0. The lowest BCUT2D eigenvalue weighted by Crippen LogP contribution is -2.34. The molecule has 0 spiro atoms. The van der Waals surface area contributed by atoms with Crippen LogP contribution in [0.2, 0.25) is 0 Å². The van der Waals surface area contributed by atoms with Gasteiger partial charge < -0.3 is 5.32 Å². The number of nitriles is 1. The predicted molar refractivity (Wildman–Crippen MR) is 72.4 cm³/mol. The van der Waals surface area contributed by atoms with Crippen molar-refractivity contribution >= 4 is 10.0 Å². The Kier molecular flexibility index (Phi) is 4.75. The van der Waals surface area contributed by atoms with Gasteiger partial charge in [-0.2, -0.15) is 22.7 Å². The highest BCUT2D eigenvalue weighted by Crippen LogP contribution is 2.33. The molecular formula is C13H14F3N3O2S. The Morgan fingerprint density at radius 1 is 1.23 bits per heavy atom. The molecule has 2 rings (SSSR count). The molecule has 1 aliphatic heterocycles. The number of benzene rings is 1. The molecular weight excluding hydrogens is 319 g/mol. The van der Waals surface area contributed by atoms with E-state index in [1.807, 2.05) is 0 Å². The van der Waals surface area contributed by atoms with E-state index in [0.717, 1.165) is 12.1 Å². The van der Waals surface area contributed by atoms with E-state index in [9.17, 15) is 21.6 Å². The molecule has 0 unspecified atom stereocenters. The topological polar surface area (TPSA) is 73.2 Å². The van der Waals surface area contributed by atoms with Gasteiger partial charge in [-0.15, -0.1) is 0 Å². The summed E-state index contributed by atoms with van der Waals surface area (Å²) < 4.78 is 64.4. The largest absolute Gasteiger partial charge is 0.417 e. The van der Waals surface area contributed by atoms with Crippen molar-refractivity contribution in [1.29, 1.82) is 5.26 Å². The van der Waals surface area contributed by atoms with Crippen LogP contribution in [-0.4, -0.2) is 38.9 Å². The van der Waals surface area contributed by atoms with Crippen LogP contribution in [0, 0.1) is 11.3 Å². The molecule has 0 bridgehead atoms. The van der Waals surface area contributed by atoms with Gasteiger partial charge >= 0.3 is 6.18 Å². The Morgan fingerprint density at radius 2 is 1.95 bits per heavy atom. The number of halogens is 3. The first-order chi connectivity index (χ1) is 10.3. The lowest BCUT2D eigenvalue weighted by molar-refractivity contribution is -0.137. The zero-order chi connectivity index (χ0) is 16.4. The Hall–Kier alpha value is -1.63. The molecule has 0 radical (unpaired) electrons. The first-order valence-corrected chi connectivity index (χ1v) is 8.03. The normalized spacial score (nSPS) is 17.7. The van der Waals surface area contributed by atoms with Crippen LogP contribution in [0.5, 0.6) is 0 Å². The summed E-state index contributed by atoms with van der Waals surface area (Å²) in [5, 5.41) is 11.9. The third kappa shape index (κ3) is 3.40. The second-order valence-electron chi connectivity index (χ2n) is 4.82. The first kappa shape index (κ1) is 16.7. The van der Waals surface area contributed by atoms with Gasteiger partial charge in [0.2, 0.25) is 10.0 Å². The van der Waals surface area contributed by atoms with E-state index in [1.165, 1.54) is 10.4 Å². The molecule has 0 amide bonds. The smallest absolute Gasteiger partial charge is 0.315 e. The number of alkyl halides is 3. The molecule has 5 nitrogen and oxygen atoms in total. The van der Waals surface area contributed by atoms with Gasteiger partial charge in [-0.25, -0.2) is 8.42 Å². The maximum absolute atomic E-state index is 12.8. The first-order valence-electron chi connectivity index (χ1n) is 6.59. The summed E-state index contributed by atoms with van der Waals surface area (Å²) in [6.07, 6.45) is -4.08. The Balaban J connectivity index is 2.42. The lowest BCUT2D eigenvalue weighted by atomic mass is 10.1. The van der Waals surface area contributed by atoms with Gasteiger partial charge in [0.1, 0.15) is 0 Å². The third-order valence-corrected chi connectivity index (χ3v) is 5.25. The molecule has 0 aromatic heterocycles. The number of rotatable bonds is 2. The fourth-order valence-electron chi connectivity index (χ4n) is 2.23. The van der Waals surface area contributed by atoms with Crippen LogP contribution in [0.3, 0.4) is 0 Å². The minimum absolute atomic E-state index is 0.241. The second kappa shape index (κ2) is 6.24. The molecule has 1 heterocycles. The maximum Gasteiger partial charge on any atom is 0.417 e. The SMILES string of the molecule is N#Cc1cc(S(=O)(=O)N2CCCNCC2)ccc1C(F)(F)F. The molecule has 0 atom stereocenters. The van der Waals surface area contributed by atoms with Crippen LogP contribution in [0.15, 0.2) is 23.1 Å². The number of sulfonamides is 1. The summed E-state index contributed by atoms with van der Waals surface area (Å²) >= 11 is 0. The highest BCUT2D eigenvalue weighted by Gasteiger charge is 2.35. The minimum Gasteiger partial charge on any atom is -0.315 e. The monoisotopic (exact) mass is 333 g/mol. The van der Waals surface area contributed by atoms with Crippen molar-refractivity contribution in [2.24, 2.45) is 0 Å². The summed E-state index contributed by atoms with van der Waals surface area (Å²) in [4.78, 5) is -0.293. The molecule has 0 aliphatic carbocycles. The summed E-state index contributed by atoms with van der Waals surface area (Å²) in [6.45, 7) is 1.69. The maximum atomic E-state index is 12.8. The number of nitrogens with zero attached hydrogens (tertiary/aromatic N) is 2. The van der Waals surface area contributed by atoms with Crippen LogP contribution in [-0.2, 0) is 16.2 Å². The van der Waals surface area contributed by atoms with Gasteiger partial charge in [0.15, 0.2) is 0 Å². The predicted octanol–water partition coefficient (Wildman–Crippen LogP) is 1.56. The van der Waals surface area contributed by atoms with Crippen molar-refractivity contribution in [2.75, 3.05) is 26.2 Å². The van der Waals surface area contributed by atoms with Gasteiger partial charge in [0, 0.05) is 19.6 Å². The molecule has 1 aromatic carbocycles. The van der Waals surface area contributed by atoms with Gasteiger partial charge in [0.05, 0.1) is 22.1 Å². The van der Waals surface area contributed by atoms with Crippen molar-refractivity contribution in [2.45, 2.75) is 17.5 Å². The number of hydrogen-bond donors (Lipinski definition) is 1. The summed E-state index contributed by atoms with van der Waals surface area (Å²) in [5.41, 5.74) is -1.83. The molecule has 1 aromatic rings. The standard InChI is InChI=1S/C13H14F3N3O2S/c14-13(15,16)12-3-2-11(8-10(12)9-17)22(20,21)19-6-1-4-18-5-7-19/h2-3,8,18H,1,4-7H2. The Morgan fingerprint density at radius 3 is 2.59 bits per heavy atom. The molecule has 9 heteroatoms. The van der Waals surface area contributed by atoms with Crippen LogP contribution in [0.25, 0.3) is 0 Å². The summed E-state index contributed by atoms with van der Waals surface area (Å²) in [7, 11) is -3.91. The van der Waals surface area contributed by atoms with Gasteiger partial charge in [-0.1, -0.05) is 0 Å². The lowest BCUT2D eigenvalue weighted by Gasteiger charge is -2.20. The van der Waals surface area contributed by atoms with E-state index in [4.69, 9.17) is 5.26 Å². The van der Waals surface area contributed by atoms with E-state index >= 15 is 0 Å². The molecule has 1 N–H and O–H groups in total. The summed E-state index contributed by atoms with van der Waals surface area (Å²) in [6, 6.07) is 3.74. The van der Waals surface area contributed by atoms with Crippen molar-refractivity contribution in [3.05, 3.63) is 29.3 Å². The Labute approximate surface area is 126 Å². The fraction of sp³-hybridized carbons (Fsp3) is 0.462. The van der Waals surface area contributed by atoms with Gasteiger partial charge in [-0.3, -0.25) is 0 Å². The molecule has 22 heavy (non-hydrogen) atoms. The Bertz CT molecular complexity index is 687. The molecule has 0 saturated carbocycles. The third-order valence-electron chi connectivity index (χ3n) is 3.35. The molecule has 120 valence electrons.